The predicted octanol–water partition coefficient (Wildman–Crippen LogP) is 3.96. The van der Waals surface area contributed by atoms with Gasteiger partial charge in [-0.25, -0.2) is 0 Å². The number of carbonyl (C=O) groups excluding carboxylic acids is 2. The topological polar surface area (TPSA) is 64.6 Å². The quantitative estimate of drug-likeness (QED) is 0.834. The van der Waals surface area contributed by atoms with Crippen LogP contribution < -0.4 is 14.8 Å². The van der Waals surface area contributed by atoms with Crippen LogP contribution in [0.3, 0.4) is 0 Å². The Morgan fingerprint density at radius 2 is 1.57 bits per heavy atom. The van der Waals surface area contributed by atoms with Crippen molar-refractivity contribution in [3.8, 4) is 11.5 Å². The Kier molecular flexibility index (Phi) is 5.81. The van der Waals surface area contributed by atoms with Crippen LogP contribution in [0.25, 0.3) is 0 Å². The van der Waals surface area contributed by atoms with Gasteiger partial charge in [0.2, 0.25) is 5.91 Å². The zero-order chi connectivity index (χ0) is 17.8. The first-order valence-corrected chi connectivity index (χ1v) is 7.68. The first-order chi connectivity index (χ1) is 10.4. The van der Waals surface area contributed by atoms with E-state index in [9.17, 15) is 9.59 Å². The normalized spacial score (nSPS) is 11.8. The molecule has 0 aliphatic heterocycles. The van der Waals surface area contributed by atoms with Crippen molar-refractivity contribution in [3.05, 3.63) is 18.2 Å². The van der Waals surface area contributed by atoms with Crippen LogP contribution in [0.2, 0.25) is 0 Å². The van der Waals surface area contributed by atoms with Crippen molar-refractivity contribution in [2.75, 3.05) is 5.32 Å². The monoisotopic (exact) mass is 321 g/mol. The van der Waals surface area contributed by atoms with Gasteiger partial charge in [0.05, 0.1) is 12.1 Å². The summed E-state index contributed by atoms with van der Waals surface area (Å²) in [4.78, 5) is 23.0. The van der Waals surface area contributed by atoms with E-state index in [0.29, 0.717) is 17.2 Å². The van der Waals surface area contributed by atoms with Gasteiger partial charge in [-0.1, -0.05) is 6.07 Å². The minimum atomic E-state index is -0.461. The molecule has 1 aromatic carbocycles. The highest BCUT2D eigenvalue weighted by Crippen LogP contribution is 2.39. The van der Waals surface area contributed by atoms with Crippen LogP contribution in [0.15, 0.2) is 18.2 Å². The van der Waals surface area contributed by atoms with Gasteiger partial charge >= 0.3 is 0 Å². The van der Waals surface area contributed by atoms with Gasteiger partial charge in [-0.05, 0) is 60.6 Å². The van der Waals surface area contributed by atoms with E-state index in [0.717, 1.165) is 0 Å². The minimum Gasteiger partial charge on any atom is -0.484 e. The Labute approximate surface area is 138 Å². The third-order valence-corrected chi connectivity index (χ3v) is 2.49. The van der Waals surface area contributed by atoms with E-state index in [2.05, 4.69) is 5.32 Å². The van der Waals surface area contributed by atoms with Gasteiger partial charge in [-0.3, -0.25) is 9.59 Å². The van der Waals surface area contributed by atoms with Gasteiger partial charge in [0.15, 0.2) is 11.5 Å². The Balaban J connectivity index is 3.20. The average molecular weight is 321 g/mol. The van der Waals surface area contributed by atoms with Gasteiger partial charge in [-0.2, -0.15) is 0 Å². The summed E-state index contributed by atoms with van der Waals surface area (Å²) in [5, 5.41) is 2.73. The molecular formula is C18H27NO4. The van der Waals surface area contributed by atoms with Crippen LogP contribution in [0.1, 0.15) is 54.9 Å². The first-order valence-electron chi connectivity index (χ1n) is 7.68. The fraction of sp³-hybridized carbons (Fsp3) is 0.556. The summed E-state index contributed by atoms with van der Waals surface area (Å²) in [5.74, 6) is 0.451. The van der Waals surface area contributed by atoms with Crippen molar-refractivity contribution >= 4 is 17.4 Å². The van der Waals surface area contributed by atoms with E-state index in [-0.39, 0.29) is 18.1 Å². The highest BCUT2D eigenvalue weighted by Gasteiger charge is 2.23. The van der Waals surface area contributed by atoms with E-state index in [1.165, 1.54) is 6.92 Å². The zero-order valence-corrected chi connectivity index (χ0v) is 15.1. The lowest BCUT2D eigenvalue weighted by molar-refractivity contribution is -0.124. The maximum absolute atomic E-state index is 11.9. The standard InChI is InChI=1S/C18H27NO4/c1-12(20)11-15(21)19-13-9-8-10-14(22-17(2,3)4)16(13)23-18(5,6)7/h8-10H,11H2,1-7H3,(H,19,21). The summed E-state index contributed by atoms with van der Waals surface area (Å²) in [5.41, 5.74) is -0.372. The number of carbonyl (C=O) groups is 2. The molecule has 0 aromatic heterocycles. The summed E-state index contributed by atoms with van der Waals surface area (Å²) in [6.07, 6.45) is -0.167. The fourth-order valence-corrected chi connectivity index (χ4v) is 1.86. The molecule has 0 radical (unpaired) electrons. The molecule has 0 spiro atoms. The highest BCUT2D eigenvalue weighted by molar-refractivity contribution is 6.04. The lowest BCUT2D eigenvalue weighted by atomic mass is 10.1. The molecule has 0 fully saturated rings. The highest BCUT2D eigenvalue weighted by atomic mass is 16.5. The summed E-state index contributed by atoms with van der Waals surface area (Å²) >= 11 is 0. The van der Waals surface area contributed by atoms with E-state index in [4.69, 9.17) is 9.47 Å². The van der Waals surface area contributed by atoms with Crippen LogP contribution in [0.4, 0.5) is 5.69 Å². The average Bonchev–Trinajstić information content (AvgIpc) is 2.28. The molecule has 0 aliphatic rings. The van der Waals surface area contributed by atoms with Crippen molar-refractivity contribution < 1.29 is 19.1 Å². The number of benzene rings is 1. The number of ketones is 1. The summed E-state index contributed by atoms with van der Waals surface area (Å²) in [6, 6.07) is 5.31. The molecule has 5 heteroatoms. The Morgan fingerprint density at radius 3 is 2.04 bits per heavy atom. The number of rotatable bonds is 5. The molecular weight excluding hydrogens is 294 g/mol. The van der Waals surface area contributed by atoms with Gasteiger partial charge in [0, 0.05) is 0 Å². The molecule has 1 amide bonds. The lowest BCUT2D eigenvalue weighted by Gasteiger charge is -2.28. The van der Waals surface area contributed by atoms with Crippen LogP contribution in [0, 0.1) is 0 Å². The Morgan fingerprint density at radius 1 is 1.00 bits per heavy atom. The smallest absolute Gasteiger partial charge is 0.231 e. The SMILES string of the molecule is CC(=O)CC(=O)Nc1cccc(OC(C)(C)C)c1OC(C)(C)C. The summed E-state index contributed by atoms with van der Waals surface area (Å²) in [7, 11) is 0. The number of anilines is 1. The number of ether oxygens (including phenoxy) is 2. The Hall–Kier alpha value is -2.04. The molecule has 0 saturated heterocycles. The number of nitrogens with one attached hydrogen (secondary N) is 1. The molecule has 0 saturated carbocycles. The molecule has 128 valence electrons. The number of para-hydroxylation sites is 1. The number of Topliss-reactive ketones (excluding diaryl/α,β-unsaturated/α-hetero) is 1. The molecule has 5 nitrogen and oxygen atoms in total. The maximum Gasteiger partial charge on any atom is 0.231 e. The van der Waals surface area contributed by atoms with Gasteiger partial charge in [0.1, 0.15) is 17.0 Å². The largest absolute Gasteiger partial charge is 0.484 e. The van der Waals surface area contributed by atoms with Crippen LogP contribution >= 0.6 is 0 Å². The summed E-state index contributed by atoms with van der Waals surface area (Å²) in [6.45, 7) is 13.0. The molecule has 0 bridgehead atoms. The molecule has 0 aliphatic carbocycles. The molecule has 23 heavy (non-hydrogen) atoms. The first kappa shape index (κ1) is 19.0. The van der Waals surface area contributed by atoms with E-state index < -0.39 is 11.2 Å². The minimum absolute atomic E-state index is 0.167. The predicted molar refractivity (Wildman–Crippen MR) is 91.1 cm³/mol. The molecule has 0 heterocycles. The molecule has 0 unspecified atom stereocenters. The van der Waals surface area contributed by atoms with Gasteiger partial charge < -0.3 is 14.8 Å². The Bertz CT molecular complexity index is 580. The van der Waals surface area contributed by atoms with Crippen molar-refractivity contribution in [2.24, 2.45) is 0 Å². The maximum atomic E-state index is 11.9. The zero-order valence-electron chi connectivity index (χ0n) is 15.1. The van der Waals surface area contributed by atoms with Crippen molar-refractivity contribution in [1.29, 1.82) is 0 Å². The molecule has 1 aromatic rings. The second-order valence-electron chi connectivity index (χ2n) is 7.49. The third kappa shape index (κ3) is 7.17. The van der Waals surface area contributed by atoms with E-state index >= 15 is 0 Å². The van der Waals surface area contributed by atoms with E-state index in [1.807, 2.05) is 41.5 Å². The second-order valence-corrected chi connectivity index (χ2v) is 7.49. The number of hydrogen-bond donors (Lipinski definition) is 1. The van der Waals surface area contributed by atoms with Crippen LogP contribution in [-0.4, -0.2) is 22.9 Å². The molecule has 1 N–H and O–H groups in total. The van der Waals surface area contributed by atoms with Gasteiger partial charge in [-0.15, -0.1) is 0 Å². The van der Waals surface area contributed by atoms with Crippen LogP contribution in [-0.2, 0) is 9.59 Å². The second kappa shape index (κ2) is 7.02. The van der Waals surface area contributed by atoms with Crippen LogP contribution in [0.5, 0.6) is 11.5 Å². The van der Waals surface area contributed by atoms with Crippen molar-refractivity contribution in [2.45, 2.75) is 66.1 Å². The third-order valence-electron chi connectivity index (χ3n) is 2.49. The number of hydrogen-bond acceptors (Lipinski definition) is 4. The van der Waals surface area contributed by atoms with Crippen molar-refractivity contribution in [1.82, 2.24) is 0 Å². The fourth-order valence-electron chi connectivity index (χ4n) is 1.86. The molecule has 0 atom stereocenters. The van der Waals surface area contributed by atoms with Crippen molar-refractivity contribution in [3.63, 3.8) is 0 Å². The molecule has 1 rings (SSSR count). The van der Waals surface area contributed by atoms with Gasteiger partial charge in [0.25, 0.3) is 0 Å². The lowest BCUT2D eigenvalue weighted by Crippen LogP contribution is -2.27. The van der Waals surface area contributed by atoms with E-state index in [1.54, 1.807) is 18.2 Å². The summed E-state index contributed by atoms with van der Waals surface area (Å²) < 4.78 is 11.9. The number of amides is 1.